The van der Waals surface area contributed by atoms with Gasteiger partial charge in [-0.3, -0.25) is 4.98 Å². The maximum absolute atomic E-state index is 6.13. The minimum absolute atomic E-state index is 0.166. The zero-order chi connectivity index (χ0) is 14.5. The van der Waals surface area contributed by atoms with Crippen LogP contribution in [0.5, 0.6) is 0 Å². The molecule has 106 valence electrons. The maximum atomic E-state index is 6.13. The van der Waals surface area contributed by atoms with Crippen molar-refractivity contribution in [3.8, 4) is 0 Å². The highest BCUT2D eigenvalue weighted by atomic mass is 35.5. The van der Waals surface area contributed by atoms with Crippen LogP contribution >= 0.6 is 11.6 Å². The number of aromatic nitrogens is 1. The molecule has 0 radical (unpaired) electrons. The van der Waals surface area contributed by atoms with Gasteiger partial charge in [0, 0.05) is 17.4 Å². The first-order valence-electron chi connectivity index (χ1n) is 7.03. The second kappa shape index (κ2) is 6.87. The van der Waals surface area contributed by atoms with Gasteiger partial charge < -0.3 is 5.32 Å². The molecule has 0 saturated heterocycles. The SMILES string of the molecule is CCCNC(c1ccc(Cl)c(C)c1)c1cnccc1C. The normalized spacial score (nSPS) is 12.4. The van der Waals surface area contributed by atoms with Crippen molar-refractivity contribution < 1.29 is 0 Å². The third kappa shape index (κ3) is 3.38. The lowest BCUT2D eigenvalue weighted by molar-refractivity contribution is 0.594. The van der Waals surface area contributed by atoms with Gasteiger partial charge in [0.1, 0.15) is 0 Å². The Morgan fingerprint density at radius 1 is 1.20 bits per heavy atom. The van der Waals surface area contributed by atoms with E-state index in [1.807, 2.05) is 25.4 Å². The predicted molar refractivity (Wildman–Crippen MR) is 85.3 cm³/mol. The number of nitrogens with one attached hydrogen (secondary N) is 1. The van der Waals surface area contributed by atoms with Crippen LogP contribution in [-0.2, 0) is 0 Å². The first-order valence-corrected chi connectivity index (χ1v) is 7.41. The number of rotatable bonds is 5. The van der Waals surface area contributed by atoms with Crippen LogP contribution in [0.2, 0.25) is 5.02 Å². The number of hydrogen-bond donors (Lipinski definition) is 1. The number of halogens is 1. The molecular formula is C17H21ClN2. The summed E-state index contributed by atoms with van der Waals surface area (Å²) in [7, 11) is 0. The highest BCUT2D eigenvalue weighted by molar-refractivity contribution is 6.31. The molecule has 0 spiro atoms. The van der Waals surface area contributed by atoms with E-state index in [2.05, 4.69) is 42.3 Å². The molecule has 1 aromatic carbocycles. The lowest BCUT2D eigenvalue weighted by atomic mass is 9.95. The lowest BCUT2D eigenvalue weighted by Gasteiger charge is -2.21. The average molecular weight is 289 g/mol. The molecule has 1 heterocycles. The van der Waals surface area contributed by atoms with Crippen LogP contribution in [0.3, 0.4) is 0 Å². The molecule has 0 bridgehead atoms. The summed E-state index contributed by atoms with van der Waals surface area (Å²) >= 11 is 6.13. The Morgan fingerprint density at radius 2 is 2.00 bits per heavy atom. The molecule has 0 aliphatic rings. The van der Waals surface area contributed by atoms with Crippen molar-refractivity contribution in [3.05, 3.63) is 63.9 Å². The van der Waals surface area contributed by atoms with Crippen LogP contribution in [0.15, 0.2) is 36.7 Å². The molecule has 2 rings (SSSR count). The van der Waals surface area contributed by atoms with Crippen molar-refractivity contribution >= 4 is 11.6 Å². The zero-order valence-corrected chi connectivity index (χ0v) is 13.0. The third-order valence-corrected chi connectivity index (χ3v) is 3.93. The zero-order valence-electron chi connectivity index (χ0n) is 12.3. The van der Waals surface area contributed by atoms with Crippen molar-refractivity contribution in [2.24, 2.45) is 0 Å². The molecule has 0 aliphatic heterocycles. The molecule has 2 nitrogen and oxygen atoms in total. The van der Waals surface area contributed by atoms with Gasteiger partial charge in [-0.05, 0) is 61.2 Å². The van der Waals surface area contributed by atoms with Crippen molar-refractivity contribution in [1.82, 2.24) is 10.3 Å². The average Bonchev–Trinajstić information content (AvgIpc) is 2.44. The van der Waals surface area contributed by atoms with Crippen molar-refractivity contribution in [1.29, 1.82) is 0 Å². The summed E-state index contributed by atoms with van der Waals surface area (Å²) in [6, 6.07) is 8.44. The van der Waals surface area contributed by atoms with E-state index >= 15 is 0 Å². The van der Waals surface area contributed by atoms with Gasteiger partial charge in [0.25, 0.3) is 0 Å². The Morgan fingerprint density at radius 3 is 2.65 bits per heavy atom. The fourth-order valence-corrected chi connectivity index (χ4v) is 2.44. The van der Waals surface area contributed by atoms with E-state index in [1.165, 1.54) is 16.7 Å². The van der Waals surface area contributed by atoms with Crippen molar-refractivity contribution in [3.63, 3.8) is 0 Å². The van der Waals surface area contributed by atoms with Gasteiger partial charge >= 0.3 is 0 Å². The van der Waals surface area contributed by atoms with Gasteiger partial charge in [0.15, 0.2) is 0 Å². The van der Waals surface area contributed by atoms with Crippen LogP contribution < -0.4 is 5.32 Å². The predicted octanol–water partition coefficient (Wildman–Crippen LogP) is 4.44. The van der Waals surface area contributed by atoms with Crippen LogP contribution in [0.1, 0.15) is 41.6 Å². The van der Waals surface area contributed by atoms with Crippen LogP contribution in [-0.4, -0.2) is 11.5 Å². The van der Waals surface area contributed by atoms with E-state index in [1.54, 1.807) is 0 Å². The summed E-state index contributed by atoms with van der Waals surface area (Å²) in [5.74, 6) is 0. The summed E-state index contributed by atoms with van der Waals surface area (Å²) in [5, 5.41) is 4.42. The molecule has 3 heteroatoms. The number of benzene rings is 1. The fourth-order valence-electron chi connectivity index (χ4n) is 2.32. The molecule has 0 amide bonds. The first-order chi connectivity index (χ1) is 9.63. The topological polar surface area (TPSA) is 24.9 Å². The van der Waals surface area contributed by atoms with Gasteiger partial charge in [0.05, 0.1) is 6.04 Å². The Balaban J connectivity index is 2.41. The van der Waals surface area contributed by atoms with Crippen molar-refractivity contribution in [2.75, 3.05) is 6.54 Å². The summed E-state index contributed by atoms with van der Waals surface area (Å²) in [5.41, 5.74) is 4.81. The molecule has 1 unspecified atom stereocenters. The molecule has 0 fully saturated rings. The highest BCUT2D eigenvalue weighted by Gasteiger charge is 2.16. The monoisotopic (exact) mass is 288 g/mol. The quantitative estimate of drug-likeness (QED) is 0.880. The second-order valence-electron chi connectivity index (χ2n) is 5.13. The summed E-state index contributed by atoms with van der Waals surface area (Å²) in [6.07, 6.45) is 4.89. The van der Waals surface area contributed by atoms with Crippen LogP contribution in [0.25, 0.3) is 0 Å². The molecule has 1 aromatic heterocycles. The molecule has 1 atom stereocenters. The van der Waals surface area contributed by atoms with Crippen molar-refractivity contribution in [2.45, 2.75) is 33.2 Å². The molecule has 20 heavy (non-hydrogen) atoms. The van der Waals surface area contributed by atoms with Gasteiger partial charge in [-0.1, -0.05) is 30.7 Å². The van der Waals surface area contributed by atoms with E-state index in [0.29, 0.717) is 0 Å². The smallest absolute Gasteiger partial charge is 0.0594 e. The number of hydrogen-bond acceptors (Lipinski definition) is 2. The molecule has 0 saturated carbocycles. The van der Waals surface area contributed by atoms with Crippen LogP contribution in [0, 0.1) is 13.8 Å². The largest absolute Gasteiger partial charge is 0.306 e. The van der Waals surface area contributed by atoms with Crippen LogP contribution in [0.4, 0.5) is 0 Å². The van der Waals surface area contributed by atoms with Gasteiger partial charge in [-0.25, -0.2) is 0 Å². The molecular weight excluding hydrogens is 268 g/mol. The van der Waals surface area contributed by atoms with E-state index in [0.717, 1.165) is 23.6 Å². The molecule has 0 aliphatic carbocycles. The fraction of sp³-hybridized carbons (Fsp3) is 0.353. The number of aryl methyl sites for hydroxylation is 2. The second-order valence-corrected chi connectivity index (χ2v) is 5.54. The summed E-state index contributed by atoms with van der Waals surface area (Å²) in [6.45, 7) is 7.31. The third-order valence-electron chi connectivity index (χ3n) is 3.50. The first kappa shape index (κ1) is 15.0. The standard InChI is InChI=1S/C17H21ClN2/c1-4-8-20-17(15-11-19-9-7-12(15)2)14-5-6-16(18)13(3)10-14/h5-7,9-11,17,20H,4,8H2,1-3H3. The molecule has 1 N–H and O–H groups in total. The van der Waals surface area contributed by atoms with E-state index in [9.17, 15) is 0 Å². The number of pyridine rings is 1. The summed E-state index contributed by atoms with van der Waals surface area (Å²) in [4.78, 5) is 4.27. The van der Waals surface area contributed by atoms with Gasteiger partial charge in [-0.15, -0.1) is 0 Å². The minimum Gasteiger partial charge on any atom is -0.306 e. The van der Waals surface area contributed by atoms with E-state index in [-0.39, 0.29) is 6.04 Å². The van der Waals surface area contributed by atoms with E-state index < -0.39 is 0 Å². The Kier molecular flexibility index (Phi) is 5.16. The Bertz CT molecular complexity index is 581. The van der Waals surface area contributed by atoms with Gasteiger partial charge in [0.2, 0.25) is 0 Å². The lowest BCUT2D eigenvalue weighted by Crippen LogP contribution is -2.24. The van der Waals surface area contributed by atoms with E-state index in [4.69, 9.17) is 11.6 Å². The Labute approximate surface area is 126 Å². The summed E-state index contributed by atoms with van der Waals surface area (Å²) < 4.78 is 0. The molecule has 2 aromatic rings. The maximum Gasteiger partial charge on any atom is 0.0594 e. The van der Waals surface area contributed by atoms with Gasteiger partial charge in [-0.2, -0.15) is 0 Å². The highest BCUT2D eigenvalue weighted by Crippen LogP contribution is 2.27. The Hall–Kier alpha value is -1.38. The minimum atomic E-state index is 0.166. The number of nitrogens with zero attached hydrogens (tertiary/aromatic N) is 1.